The second kappa shape index (κ2) is 5.41. The average Bonchev–Trinajstić information content (AvgIpc) is 2.37. The van der Waals surface area contributed by atoms with Crippen LogP contribution in [0.2, 0.25) is 0 Å². The minimum atomic E-state index is -0.536. The molecule has 0 fully saturated rings. The Hall–Kier alpha value is -1.94. The van der Waals surface area contributed by atoms with Crippen molar-refractivity contribution in [1.29, 1.82) is 0 Å². The number of aliphatic hydroxyl groups excluding tert-OH is 1. The van der Waals surface area contributed by atoms with Gasteiger partial charge in [0.15, 0.2) is 0 Å². The predicted molar refractivity (Wildman–Crippen MR) is 66.7 cm³/mol. The van der Waals surface area contributed by atoms with Gasteiger partial charge < -0.3 is 10.4 Å². The summed E-state index contributed by atoms with van der Waals surface area (Å²) in [6.07, 6.45) is 1.16. The zero-order chi connectivity index (χ0) is 12.1. The van der Waals surface area contributed by atoms with Gasteiger partial charge in [0, 0.05) is 12.7 Å². The van der Waals surface area contributed by atoms with E-state index in [1.165, 1.54) is 0 Å². The number of nitrogens with zero attached hydrogens (tertiary/aromatic N) is 2. The van der Waals surface area contributed by atoms with E-state index < -0.39 is 6.10 Å². The molecular weight excluding hydrogens is 214 g/mol. The van der Waals surface area contributed by atoms with E-state index >= 15 is 0 Å². The summed E-state index contributed by atoms with van der Waals surface area (Å²) in [5, 5.41) is 13.0. The molecule has 0 aliphatic heterocycles. The van der Waals surface area contributed by atoms with Gasteiger partial charge in [0.05, 0.1) is 6.10 Å². The minimum absolute atomic E-state index is 0.431. The topological polar surface area (TPSA) is 58.0 Å². The van der Waals surface area contributed by atoms with Gasteiger partial charge in [-0.2, -0.15) is 0 Å². The zero-order valence-corrected chi connectivity index (χ0v) is 9.67. The maximum absolute atomic E-state index is 9.95. The number of aromatic nitrogens is 2. The minimum Gasteiger partial charge on any atom is -0.387 e. The molecule has 2 N–H and O–H groups in total. The lowest BCUT2D eigenvalue weighted by atomic mass is 10.1. The standard InChI is InChI=1S/C13H15N3O/c1-10-14-8-7-13(16-10)15-9-12(17)11-5-3-2-4-6-11/h2-8,12,17H,9H2,1H3,(H,14,15,16). The van der Waals surface area contributed by atoms with Crippen LogP contribution in [0, 0.1) is 6.92 Å². The number of nitrogens with one attached hydrogen (secondary N) is 1. The number of hydrogen-bond acceptors (Lipinski definition) is 4. The van der Waals surface area contributed by atoms with E-state index in [2.05, 4.69) is 15.3 Å². The van der Waals surface area contributed by atoms with Crippen LogP contribution >= 0.6 is 0 Å². The van der Waals surface area contributed by atoms with Crippen molar-refractivity contribution < 1.29 is 5.11 Å². The highest BCUT2D eigenvalue weighted by Crippen LogP contribution is 2.12. The van der Waals surface area contributed by atoms with Gasteiger partial charge in [-0.25, -0.2) is 9.97 Å². The molecule has 1 aromatic carbocycles. The smallest absolute Gasteiger partial charge is 0.129 e. The largest absolute Gasteiger partial charge is 0.387 e. The molecule has 1 unspecified atom stereocenters. The fourth-order valence-electron chi connectivity index (χ4n) is 1.55. The van der Waals surface area contributed by atoms with E-state index in [4.69, 9.17) is 0 Å². The van der Waals surface area contributed by atoms with Gasteiger partial charge in [0.25, 0.3) is 0 Å². The molecule has 0 radical (unpaired) electrons. The third-order valence-corrected chi connectivity index (χ3v) is 2.44. The molecule has 1 heterocycles. The number of anilines is 1. The van der Waals surface area contributed by atoms with Crippen LogP contribution < -0.4 is 5.32 Å². The normalized spacial score (nSPS) is 12.1. The van der Waals surface area contributed by atoms with Crippen LogP contribution in [0.4, 0.5) is 5.82 Å². The molecule has 4 heteroatoms. The molecule has 0 spiro atoms. The predicted octanol–water partition coefficient (Wildman–Crippen LogP) is 1.93. The molecule has 2 aromatic rings. The third kappa shape index (κ3) is 3.26. The Kier molecular flexibility index (Phi) is 3.67. The van der Waals surface area contributed by atoms with Crippen molar-refractivity contribution in [2.24, 2.45) is 0 Å². The van der Waals surface area contributed by atoms with Crippen LogP contribution in [0.25, 0.3) is 0 Å². The summed E-state index contributed by atoms with van der Waals surface area (Å²) in [5.74, 6) is 1.44. The lowest BCUT2D eigenvalue weighted by Crippen LogP contribution is -2.13. The molecule has 88 valence electrons. The highest BCUT2D eigenvalue weighted by Gasteiger charge is 2.06. The van der Waals surface area contributed by atoms with Crippen molar-refractivity contribution in [3.63, 3.8) is 0 Å². The summed E-state index contributed by atoms with van der Waals surface area (Å²) in [5.41, 5.74) is 0.894. The lowest BCUT2D eigenvalue weighted by Gasteiger charge is -2.12. The summed E-state index contributed by atoms with van der Waals surface area (Å²) in [7, 11) is 0. The van der Waals surface area contributed by atoms with Crippen LogP contribution in [0.1, 0.15) is 17.5 Å². The van der Waals surface area contributed by atoms with Crippen molar-refractivity contribution in [1.82, 2.24) is 9.97 Å². The lowest BCUT2D eigenvalue weighted by molar-refractivity contribution is 0.191. The van der Waals surface area contributed by atoms with Crippen LogP contribution in [-0.2, 0) is 0 Å². The Morgan fingerprint density at radius 1 is 1.24 bits per heavy atom. The van der Waals surface area contributed by atoms with Crippen molar-refractivity contribution >= 4 is 5.82 Å². The first kappa shape index (κ1) is 11.5. The molecule has 0 saturated heterocycles. The average molecular weight is 229 g/mol. The van der Waals surface area contributed by atoms with E-state index in [1.807, 2.05) is 37.3 Å². The molecule has 0 amide bonds. The van der Waals surface area contributed by atoms with Gasteiger partial charge in [-0.15, -0.1) is 0 Å². The molecule has 1 atom stereocenters. The SMILES string of the molecule is Cc1nccc(NCC(O)c2ccccc2)n1. The van der Waals surface area contributed by atoms with E-state index in [9.17, 15) is 5.11 Å². The van der Waals surface area contributed by atoms with Crippen molar-refractivity contribution in [2.75, 3.05) is 11.9 Å². The Balaban J connectivity index is 1.95. The van der Waals surface area contributed by atoms with Crippen molar-refractivity contribution in [3.8, 4) is 0 Å². The van der Waals surface area contributed by atoms with Crippen LogP contribution in [0.3, 0.4) is 0 Å². The molecule has 0 aliphatic rings. The summed E-state index contributed by atoms with van der Waals surface area (Å²) < 4.78 is 0. The van der Waals surface area contributed by atoms with Crippen molar-refractivity contribution in [2.45, 2.75) is 13.0 Å². The first-order valence-electron chi connectivity index (χ1n) is 5.52. The summed E-state index contributed by atoms with van der Waals surface area (Å²) in [6, 6.07) is 11.3. The summed E-state index contributed by atoms with van der Waals surface area (Å²) in [4.78, 5) is 8.22. The quantitative estimate of drug-likeness (QED) is 0.841. The highest BCUT2D eigenvalue weighted by atomic mass is 16.3. The number of benzene rings is 1. The molecule has 4 nitrogen and oxygen atoms in total. The van der Waals surface area contributed by atoms with Gasteiger partial charge in [0.1, 0.15) is 11.6 Å². The van der Waals surface area contributed by atoms with Gasteiger partial charge in [-0.1, -0.05) is 30.3 Å². The molecule has 2 rings (SSSR count). The van der Waals surface area contributed by atoms with E-state index in [-0.39, 0.29) is 0 Å². The fraction of sp³-hybridized carbons (Fsp3) is 0.231. The third-order valence-electron chi connectivity index (χ3n) is 2.44. The second-order valence-electron chi connectivity index (χ2n) is 3.80. The second-order valence-corrected chi connectivity index (χ2v) is 3.80. The highest BCUT2D eigenvalue weighted by molar-refractivity contribution is 5.33. The van der Waals surface area contributed by atoms with Crippen LogP contribution in [-0.4, -0.2) is 21.6 Å². The monoisotopic (exact) mass is 229 g/mol. The molecule has 17 heavy (non-hydrogen) atoms. The number of aryl methyl sites for hydroxylation is 1. The first-order chi connectivity index (χ1) is 8.25. The molecule has 0 saturated carbocycles. The number of rotatable bonds is 4. The fourth-order valence-corrected chi connectivity index (χ4v) is 1.55. The van der Waals surface area contributed by atoms with Crippen LogP contribution in [0.5, 0.6) is 0 Å². The number of aliphatic hydroxyl groups is 1. The summed E-state index contributed by atoms with van der Waals surface area (Å²) >= 11 is 0. The molecule has 1 aromatic heterocycles. The number of hydrogen-bond donors (Lipinski definition) is 2. The maximum Gasteiger partial charge on any atom is 0.129 e. The maximum atomic E-state index is 9.95. The van der Waals surface area contributed by atoms with Gasteiger partial charge in [-0.3, -0.25) is 0 Å². The summed E-state index contributed by atoms with van der Waals surface area (Å²) in [6.45, 7) is 2.26. The Labute approximate surface area is 100 Å². The Morgan fingerprint density at radius 2 is 2.00 bits per heavy atom. The van der Waals surface area contributed by atoms with Gasteiger partial charge >= 0.3 is 0 Å². The Bertz CT molecular complexity index is 473. The van der Waals surface area contributed by atoms with Gasteiger partial charge in [-0.05, 0) is 18.6 Å². The molecular formula is C13H15N3O. The van der Waals surface area contributed by atoms with E-state index in [0.29, 0.717) is 12.4 Å². The van der Waals surface area contributed by atoms with E-state index in [0.717, 1.165) is 11.4 Å². The van der Waals surface area contributed by atoms with Gasteiger partial charge in [0.2, 0.25) is 0 Å². The molecule has 0 bridgehead atoms. The Morgan fingerprint density at radius 3 is 2.71 bits per heavy atom. The van der Waals surface area contributed by atoms with Crippen molar-refractivity contribution in [3.05, 3.63) is 54.0 Å². The van der Waals surface area contributed by atoms with Crippen LogP contribution in [0.15, 0.2) is 42.6 Å². The molecule has 0 aliphatic carbocycles. The zero-order valence-electron chi connectivity index (χ0n) is 9.67. The first-order valence-corrected chi connectivity index (χ1v) is 5.52. The van der Waals surface area contributed by atoms with E-state index in [1.54, 1.807) is 12.3 Å².